The first-order chi connectivity index (χ1) is 18.7. The summed E-state index contributed by atoms with van der Waals surface area (Å²) in [6.45, 7) is 1.36. The normalized spacial score (nSPS) is 14.5. The third-order valence-electron chi connectivity index (χ3n) is 5.67. The molecule has 0 aliphatic heterocycles. The van der Waals surface area contributed by atoms with Gasteiger partial charge in [-0.05, 0) is 43.9 Å². The Kier molecular flexibility index (Phi) is 13.9. The lowest BCUT2D eigenvalue weighted by molar-refractivity contribution is -0.142. The number of aliphatic carboxylic acids is 1. The summed E-state index contributed by atoms with van der Waals surface area (Å²) in [5.74, 6) is -4.85. The Morgan fingerprint density at radius 1 is 0.900 bits per heavy atom. The van der Waals surface area contributed by atoms with Gasteiger partial charge >= 0.3 is 5.97 Å². The molecule has 222 valence electrons. The average molecular weight is 567 g/mol. The molecule has 40 heavy (non-hydrogen) atoms. The van der Waals surface area contributed by atoms with Crippen LogP contribution in [0.4, 0.5) is 0 Å². The topological polar surface area (TPSA) is 299 Å². The minimum Gasteiger partial charge on any atom is -0.508 e. The standard InChI is InChI=1S/C24H38N8O8/c1-12(33)19(32-20(36)15(25)8-9-18(26)35)22(38)31-17(11-13-4-6-14(34)7-5-13)21(37)30-16(23(39)40)3-2-10-29-24(27)28/h4-7,12,15-17,19,33-34H,2-3,8-11,25H2,1H3,(H2,26,35)(H,30,37)(H,31,38)(H,32,36)(H,39,40)(H4,27,28,29). The molecule has 5 atom stereocenters. The van der Waals surface area contributed by atoms with Crippen LogP contribution in [0.5, 0.6) is 5.75 Å². The second-order valence-corrected chi connectivity index (χ2v) is 9.12. The van der Waals surface area contributed by atoms with Gasteiger partial charge in [-0.3, -0.25) is 24.2 Å². The summed E-state index contributed by atoms with van der Waals surface area (Å²) in [6, 6.07) is 0.290. The van der Waals surface area contributed by atoms with E-state index in [0.717, 1.165) is 0 Å². The number of aliphatic imine (C=N–C) groups is 1. The van der Waals surface area contributed by atoms with E-state index >= 15 is 0 Å². The molecular weight excluding hydrogens is 528 g/mol. The largest absolute Gasteiger partial charge is 0.508 e. The number of carbonyl (C=O) groups is 5. The Morgan fingerprint density at radius 2 is 1.50 bits per heavy atom. The fourth-order valence-corrected chi connectivity index (χ4v) is 3.47. The fourth-order valence-electron chi connectivity index (χ4n) is 3.47. The van der Waals surface area contributed by atoms with Crippen LogP contribution in [0.25, 0.3) is 0 Å². The highest BCUT2D eigenvalue weighted by molar-refractivity contribution is 5.94. The molecule has 1 aromatic carbocycles. The van der Waals surface area contributed by atoms with Gasteiger partial charge in [0.15, 0.2) is 5.96 Å². The second kappa shape index (κ2) is 16.5. The minimum atomic E-state index is -1.54. The molecule has 1 rings (SSSR count). The summed E-state index contributed by atoms with van der Waals surface area (Å²) in [5.41, 5.74) is 21.8. The number of carboxylic acid groups (broad SMARTS) is 1. The van der Waals surface area contributed by atoms with E-state index in [9.17, 15) is 39.3 Å². The van der Waals surface area contributed by atoms with Gasteiger partial charge in [-0.25, -0.2) is 4.79 Å². The molecule has 0 fully saturated rings. The van der Waals surface area contributed by atoms with Gasteiger partial charge in [0.1, 0.15) is 23.9 Å². The highest BCUT2D eigenvalue weighted by atomic mass is 16.4. The van der Waals surface area contributed by atoms with Crippen molar-refractivity contribution in [3.8, 4) is 5.75 Å². The van der Waals surface area contributed by atoms with Gasteiger partial charge in [-0.2, -0.15) is 0 Å². The number of hydrogen-bond acceptors (Lipinski definition) is 9. The molecule has 0 saturated carbocycles. The number of phenols is 1. The van der Waals surface area contributed by atoms with Crippen LogP contribution < -0.4 is 38.9 Å². The summed E-state index contributed by atoms with van der Waals surface area (Å²) < 4.78 is 0. The molecule has 0 saturated heterocycles. The number of carbonyl (C=O) groups excluding carboxylic acids is 4. The molecule has 0 radical (unpaired) electrons. The third-order valence-corrected chi connectivity index (χ3v) is 5.67. The van der Waals surface area contributed by atoms with Crippen LogP contribution in [0.3, 0.4) is 0 Å². The van der Waals surface area contributed by atoms with Crippen LogP contribution in [0.15, 0.2) is 29.3 Å². The predicted octanol–water partition coefficient (Wildman–Crippen LogP) is -3.50. The fraction of sp³-hybridized carbons (Fsp3) is 0.500. The summed E-state index contributed by atoms with van der Waals surface area (Å²) in [5, 5.41) is 36.4. The first-order valence-electron chi connectivity index (χ1n) is 12.4. The molecule has 0 heterocycles. The lowest BCUT2D eigenvalue weighted by atomic mass is 10.0. The Hall–Kier alpha value is -4.44. The molecule has 0 aliphatic carbocycles. The summed E-state index contributed by atoms with van der Waals surface area (Å²) in [7, 11) is 0. The Balaban J connectivity index is 3.09. The maximum Gasteiger partial charge on any atom is 0.326 e. The molecular formula is C24H38N8O8. The molecule has 0 aromatic heterocycles. The Labute approximate surface area is 230 Å². The molecule has 0 aliphatic rings. The van der Waals surface area contributed by atoms with E-state index < -0.39 is 59.9 Å². The maximum absolute atomic E-state index is 13.2. The van der Waals surface area contributed by atoms with E-state index in [-0.39, 0.29) is 50.4 Å². The van der Waals surface area contributed by atoms with Crippen molar-refractivity contribution in [2.45, 2.75) is 69.3 Å². The van der Waals surface area contributed by atoms with Gasteiger partial charge < -0.3 is 54.2 Å². The van der Waals surface area contributed by atoms with Gasteiger partial charge in [-0.15, -0.1) is 0 Å². The van der Waals surface area contributed by atoms with Crippen molar-refractivity contribution in [3.05, 3.63) is 29.8 Å². The zero-order valence-electron chi connectivity index (χ0n) is 22.1. The Bertz CT molecular complexity index is 1060. The van der Waals surface area contributed by atoms with Crippen LogP contribution in [0.2, 0.25) is 0 Å². The molecule has 16 nitrogen and oxygen atoms in total. The van der Waals surface area contributed by atoms with Crippen molar-refractivity contribution in [1.82, 2.24) is 16.0 Å². The number of aromatic hydroxyl groups is 1. The molecule has 4 amide bonds. The Morgan fingerprint density at radius 3 is 2.02 bits per heavy atom. The quantitative estimate of drug-likeness (QED) is 0.0501. The predicted molar refractivity (Wildman–Crippen MR) is 143 cm³/mol. The summed E-state index contributed by atoms with van der Waals surface area (Å²) in [6.07, 6.45) is -1.61. The number of aliphatic hydroxyl groups is 1. The van der Waals surface area contributed by atoms with Crippen molar-refractivity contribution in [1.29, 1.82) is 0 Å². The van der Waals surface area contributed by atoms with Crippen molar-refractivity contribution in [2.24, 2.45) is 27.9 Å². The van der Waals surface area contributed by atoms with Crippen molar-refractivity contribution in [3.63, 3.8) is 0 Å². The van der Waals surface area contributed by atoms with Crippen molar-refractivity contribution >= 4 is 35.6 Å². The van der Waals surface area contributed by atoms with Crippen molar-refractivity contribution < 1.29 is 39.3 Å². The van der Waals surface area contributed by atoms with E-state index in [2.05, 4.69) is 20.9 Å². The van der Waals surface area contributed by atoms with Gasteiger partial charge in [-0.1, -0.05) is 12.1 Å². The van der Waals surface area contributed by atoms with Crippen LogP contribution >= 0.6 is 0 Å². The number of rotatable bonds is 17. The highest BCUT2D eigenvalue weighted by Crippen LogP contribution is 2.12. The van der Waals surface area contributed by atoms with Crippen LogP contribution in [0, 0.1) is 0 Å². The van der Waals surface area contributed by atoms with Gasteiger partial charge in [0.2, 0.25) is 23.6 Å². The highest BCUT2D eigenvalue weighted by Gasteiger charge is 2.32. The number of hydrogen-bond donors (Lipinski definition) is 10. The number of nitrogens with zero attached hydrogens (tertiary/aromatic N) is 1. The van der Waals surface area contributed by atoms with Crippen molar-refractivity contribution in [2.75, 3.05) is 6.54 Å². The SMILES string of the molecule is CC(O)C(NC(=O)C(N)CCC(N)=O)C(=O)NC(Cc1ccc(O)cc1)C(=O)NC(CCCN=C(N)N)C(=O)O. The monoisotopic (exact) mass is 566 g/mol. The van der Waals surface area contributed by atoms with E-state index in [1.807, 2.05) is 0 Å². The zero-order chi connectivity index (χ0) is 30.4. The second-order valence-electron chi connectivity index (χ2n) is 9.12. The first-order valence-corrected chi connectivity index (χ1v) is 12.4. The summed E-state index contributed by atoms with van der Waals surface area (Å²) in [4.78, 5) is 65.2. The maximum atomic E-state index is 13.2. The van der Waals surface area contributed by atoms with Crippen LogP contribution in [-0.4, -0.2) is 87.7 Å². The van der Waals surface area contributed by atoms with E-state index in [1.165, 1.54) is 31.2 Å². The number of aliphatic hydroxyl groups excluding tert-OH is 1. The lowest BCUT2D eigenvalue weighted by Crippen LogP contribution is -2.60. The molecule has 16 heteroatoms. The number of phenolic OH excluding ortho intramolecular Hbond substituents is 1. The van der Waals surface area contributed by atoms with Crippen LogP contribution in [0.1, 0.15) is 38.2 Å². The number of nitrogens with two attached hydrogens (primary N) is 4. The molecule has 5 unspecified atom stereocenters. The summed E-state index contributed by atoms with van der Waals surface area (Å²) >= 11 is 0. The molecule has 0 spiro atoms. The molecule has 14 N–H and O–H groups in total. The number of nitrogens with one attached hydrogen (secondary N) is 3. The number of benzene rings is 1. The third kappa shape index (κ3) is 12.4. The minimum absolute atomic E-state index is 0.0206. The van der Waals surface area contributed by atoms with Crippen LogP contribution in [-0.2, 0) is 30.4 Å². The number of carboxylic acids is 1. The van der Waals surface area contributed by atoms with Gasteiger partial charge in [0, 0.05) is 19.4 Å². The average Bonchev–Trinajstić information content (AvgIpc) is 2.87. The van der Waals surface area contributed by atoms with Gasteiger partial charge in [0.05, 0.1) is 12.1 Å². The first kappa shape index (κ1) is 33.6. The van der Waals surface area contributed by atoms with Gasteiger partial charge in [0.25, 0.3) is 0 Å². The molecule has 0 bridgehead atoms. The number of guanidine groups is 1. The van der Waals surface area contributed by atoms with E-state index in [4.69, 9.17) is 22.9 Å². The smallest absolute Gasteiger partial charge is 0.326 e. The number of amides is 4. The number of primary amides is 1. The lowest BCUT2D eigenvalue weighted by Gasteiger charge is -2.26. The molecule has 1 aromatic rings. The zero-order valence-corrected chi connectivity index (χ0v) is 22.1. The van der Waals surface area contributed by atoms with E-state index in [1.54, 1.807) is 0 Å². The van der Waals surface area contributed by atoms with E-state index in [0.29, 0.717) is 5.56 Å².